The van der Waals surface area contributed by atoms with Gasteiger partial charge in [-0.1, -0.05) is 6.92 Å². The molecule has 1 fully saturated rings. The number of amides is 2. The molecular formula is C11H20N2O3. The van der Waals surface area contributed by atoms with Crippen molar-refractivity contribution in [1.82, 2.24) is 4.90 Å². The second kappa shape index (κ2) is 4.41. The third-order valence-electron chi connectivity index (χ3n) is 2.60. The summed E-state index contributed by atoms with van der Waals surface area (Å²) in [4.78, 5) is 24.7. The Morgan fingerprint density at radius 3 is 2.56 bits per heavy atom. The molecule has 5 heteroatoms. The number of carbonyl (C=O) groups excluding carboxylic acids is 2. The van der Waals surface area contributed by atoms with E-state index >= 15 is 0 Å². The lowest BCUT2D eigenvalue weighted by atomic mass is 9.94. The first-order valence-electron chi connectivity index (χ1n) is 5.52. The lowest BCUT2D eigenvalue weighted by molar-refractivity contribution is -0.137. The summed E-state index contributed by atoms with van der Waals surface area (Å²) >= 11 is 0. The molecule has 1 saturated heterocycles. The van der Waals surface area contributed by atoms with Gasteiger partial charge in [0, 0.05) is 12.6 Å². The summed E-state index contributed by atoms with van der Waals surface area (Å²) in [5.41, 5.74) is 5.18. The van der Waals surface area contributed by atoms with Gasteiger partial charge in [0.1, 0.15) is 5.60 Å². The van der Waals surface area contributed by atoms with Crippen LogP contribution in [0.15, 0.2) is 0 Å². The zero-order valence-corrected chi connectivity index (χ0v) is 10.3. The van der Waals surface area contributed by atoms with Crippen molar-refractivity contribution < 1.29 is 14.3 Å². The molecule has 0 aliphatic carbocycles. The molecule has 0 aromatic carbocycles. The van der Waals surface area contributed by atoms with Crippen LogP contribution in [0.3, 0.4) is 0 Å². The van der Waals surface area contributed by atoms with Crippen molar-refractivity contribution in [3.05, 3.63) is 0 Å². The molecule has 1 aliphatic heterocycles. The summed E-state index contributed by atoms with van der Waals surface area (Å²) in [7, 11) is 0. The number of likely N-dealkylation sites (tertiary alicyclic amines) is 1. The van der Waals surface area contributed by atoms with E-state index in [1.54, 1.807) is 27.7 Å². The van der Waals surface area contributed by atoms with Gasteiger partial charge in [-0.15, -0.1) is 0 Å². The summed E-state index contributed by atoms with van der Waals surface area (Å²) in [6.45, 7) is 7.40. The minimum atomic E-state index is -0.583. The maximum absolute atomic E-state index is 11.8. The molecule has 5 nitrogen and oxygen atoms in total. The molecule has 92 valence electrons. The van der Waals surface area contributed by atoms with Gasteiger partial charge in [0.05, 0.1) is 5.92 Å². The minimum absolute atomic E-state index is 0.161. The van der Waals surface area contributed by atoms with Gasteiger partial charge in [0.25, 0.3) is 0 Å². The summed E-state index contributed by atoms with van der Waals surface area (Å²) in [5.74, 6) is -0.561. The van der Waals surface area contributed by atoms with Crippen molar-refractivity contribution in [3.63, 3.8) is 0 Å². The fourth-order valence-corrected chi connectivity index (χ4v) is 1.57. The average molecular weight is 228 g/mol. The van der Waals surface area contributed by atoms with Crippen LogP contribution in [0.2, 0.25) is 0 Å². The molecule has 0 aromatic rings. The molecule has 2 unspecified atom stereocenters. The predicted molar refractivity (Wildman–Crippen MR) is 59.7 cm³/mol. The highest BCUT2D eigenvalue weighted by Crippen LogP contribution is 2.19. The minimum Gasteiger partial charge on any atom is -0.443 e. The van der Waals surface area contributed by atoms with E-state index in [-0.39, 0.29) is 17.9 Å². The van der Waals surface area contributed by atoms with E-state index in [1.165, 1.54) is 0 Å². The highest BCUT2D eigenvalue weighted by atomic mass is 16.6. The summed E-state index contributed by atoms with van der Waals surface area (Å²) < 4.78 is 5.16. The Morgan fingerprint density at radius 1 is 1.50 bits per heavy atom. The standard InChI is InChI=1S/C11H20N2O3/c1-7-8(12)5-6-13(9(7)14)10(15)16-11(2,3)4/h7-8H,5-6,12H2,1-4H3. The summed E-state index contributed by atoms with van der Waals surface area (Å²) in [5, 5.41) is 0. The first-order chi connectivity index (χ1) is 7.22. The Bertz CT molecular complexity index is 296. The van der Waals surface area contributed by atoms with Crippen LogP contribution < -0.4 is 5.73 Å². The van der Waals surface area contributed by atoms with Gasteiger partial charge in [0.2, 0.25) is 5.91 Å². The van der Waals surface area contributed by atoms with Crippen molar-refractivity contribution >= 4 is 12.0 Å². The van der Waals surface area contributed by atoms with Gasteiger partial charge in [0.15, 0.2) is 0 Å². The van der Waals surface area contributed by atoms with E-state index in [0.29, 0.717) is 13.0 Å². The molecular weight excluding hydrogens is 208 g/mol. The third kappa shape index (κ3) is 2.95. The van der Waals surface area contributed by atoms with E-state index in [2.05, 4.69) is 0 Å². The molecule has 1 heterocycles. The van der Waals surface area contributed by atoms with Crippen molar-refractivity contribution in [2.75, 3.05) is 6.54 Å². The molecule has 0 aromatic heterocycles. The van der Waals surface area contributed by atoms with Crippen molar-refractivity contribution in [2.24, 2.45) is 11.7 Å². The number of imide groups is 1. The number of piperidine rings is 1. The van der Waals surface area contributed by atoms with Crippen LogP contribution in [0.25, 0.3) is 0 Å². The highest BCUT2D eigenvalue weighted by molar-refractivity contribution is 5.94. The maximum atomic E-state index is 11.8. The number of hydrogen-bond donors (Lipinski definition) is 1. The Hall–Kier alpha value is -1.10. The van der Waals surface area contributed by atoms with E-state index < -0.39 is 11.7 Å². The van der Waals surface area contributed by atoms with Crippen molar-refractivity contribution in [1.29, 1.82) is 0 Å². The lowest BCUT2D eigenvalue weighted by Gasteiger charge is -2.34. The number of rotatable bonds is 0. The molecule has 2 N–H and O–H groups in total. The summed E-state index contributed by atoms with van der Waals surface area (Å²) in [6, 6.07) is -0.161. The maximum Gasteiger partial charge on any atom is 0.417 e. The average Bonchev–Trinajstić information content (AvgIpc) is 2.11. The predicted octanol–water partition coefficient (Wildman–Crippen LogP) is 1.12. The second-order valence-electron chi connectivity index (χ2n) is 5.21. The van der Waals surface area contributed by atoms with Crippen molar-refractivity contribution in [3.8, 4) is 0 Å². The largest absolute Gasteiger partial charge is 0.443 e. The summed E-state index contributed by atoms with van der Waals surface area (Å²) in [6.07, 6.45) is 0.0582. The van der Waals surface area contributed by atoms with Crippen LogP contribution in [0.5, 0.6) is 0 Å². The lowest BCUT2D eigenvalue weighted by Crippen LogP contribution is -2.53. The van der Waals surface area contributed by atoms with Gasteiger partial charge in [-0.25, -0.2) is 9.69 Å². The molecule has 2 amide bonds. The van der Waals surface area contributed by atoms with Gasteiger partial charge in [-0.3, -0.25) is 4.79 Å². The first-order valence-corrected chi connectivity index (χ1v) is 5.52. The molecule has 0 bridgehead atoms. The van der Waals surface area contributed by atoms with Crippen LogP contribution in [0, 0.1) is 5.92 Å². The van der Waals surface area contributed by atoms with Crippen LogP contribution in [0.4, 0.5) is 4.79 Å². The SMILES string of the molecule is CC1C(=O)N(C(=O)OC(C)(C)C)CCC1N. The fraction of sp³-hybridized carbons (Fsp3) is 0.818. The molecule has 0 radical (unpaired) electrons. The van der Waals surface area contributed by atoms with Gasteiger partial charge < -0.3 is 10.5 Å². The second-order valence-corrected chi connectivity index (χ2v) is 5.21. The highest BCUT2D eigenvalue weighted by Gasteiger charge is 2.36. The molecule has 16 heavy (non-hydrogen) atoms. The van der Waals surface area contributed by atoms with E-state index in [1.807, 2.05) is 0 Å². The van der Waals surface area contributed by atoms with Gasteiger partial charge >= 0.3 is 6.09 Å². The smallest absolute Gasteiger partial charge is 0.417 e. The monoisotopic (exact) mass is 228 g/mol. The van der Waals surface area contributed by atoms with Gasteiger partial charge in [-0.05, 0) is 27.2 Å². The zero-order valence-electron chi connectivity index (χ0n) is 10.3. The fourth-order valence-electron chi connectivity index (χ4n) is 1.57. The van der Waals surface area contributed by atoms with Crippen molar-refractivity contribution in [2.45, 2.75) is 45.8 Å². The first kappa shape index (κ1) is 13.0. The number of nitrogens with zero attached hydrogens (tertiary/aromatic N) is 1. The normalized spacial score (nSPS) is 26.8. The molecule has 1 aliphatic rings. The number of hydrogen-bond acceptors (Lipinski definition) is 4. The van der Waals surface area contributed by atoms with Gasteiger partial charge in [-0.2, -0.15) is 0 Å². The van der Waals surface area contributed by atoms with E-state index in [0.717, 1.165) is 4.90 Å². The quantitative estimate of drug-likeness (QED) is 0.674. The van der Waals surface area contributed by atoms with Crippen LogP contribution in [0.1, 0.15) is 34.1 Å². The zero-order chi connectivity index (χ0) is 12.5. The van der Waals surface area contributed by atoms with E-state index in [9.17, 15) is 9.59 Å². The molecule has 0 spiro atoms. The number of nitrogens with two attached hydrogens (primary N) is 1. The van der Waals surface area contributed by atoms with Crippen LogP contribution in [-0.4, -0.2) is 35.1 Å². The molecule has 0 saturated carbocycles. The van der Waals surface area contributed by atoms with Crippen LogP contribution in [-0.2, 0) is 9.53 Å². The molecule has 2 atom stereocenters. The topological polar surface area (TPSA) is 72.6 Å². The van der Waals surface area contributed by atoms with Crippen LogP contribution >= 0.6 is 0 Å². The van der Waals surface area contributed by atoms with E-state index in [4.69, 9.17) is 10.5 Å². The Morgan fingerprint density at radius 2 is 2.06 bits per heavy atom. The Labute approximate surface area is 95.9 Å². The third-order valence-corrected chi connectivity index (χ3v) is 2.60. The number of carbonyl (C=O) groups is 2. The Balaban J connectivity index is 2.68. The molecule has 1 rings (SSSR count). The Kier molecular flexibility index (Phi) is 3.57. The number of ether oxygens (including phenoxy) is 1.